The summed E-state index contributed by atoms with van der Waals surface area (Å²) >= 11 is 0. The fraction of sp³-hybridized carbons (Fsp3) is 0.778. The topological polar surface area (TPSA) is 41.5 Å². The molecular formula is C9H19NO2. The first-order chi connectivity index (χ1) is 5.91. The third-order valence-corrected chi connectivity index (χ3v) is 1.42. The third-order valence-electron chi connectivity index (χ3n) is 1.42. The van der Waals surface area contributed by atoms with Gasteiger partial charge in [0, 0.05) is 13.2 Å². The van der Waals surface area contributed by atoms with Crippen LogP contribution in [-0.4, -0.2) is 38.0 Å². The van der Waals surface area contributed by atoms with Crippen LogP contribution in [0.3, 0.4) is 0 Å². The second kappa shape index (κ2) is 10.6. The van der Waals surface area contributed by atoms with E-state index >= 15 is 0 Å². The van der Waals surface area contributed by atoms with Crippen molar-refractivity contribution in [3.8, 4) is 0 Å². The molecule has 0 aliphatic rings. The van der Waals surface area contributed by atoms with Gasteiger partial charge in [-0.25, -0.2) is 0 Å². The van der Waals surface area contributed by atoms with E-state index in [0.717, 1.165) is 32.5 Å². The lowest BCUT2D eigenvalue weighted by molar-refractivity contribution is 0.164. The molecule has 0 atom stereocenters. The van der Waals surface area contributed by atoms with E-state index in [0.29, 0.717) is 6.61 Å². The van der Waals surface area contributed by atoms with Crippen LogP contribution < -0.4 is 5.32 Å². The number of aliphatic hydroxyl groups is 1. The SMILES string of the molecule is C=CCOCCNCCCCO. The maximum absolute atomic E-state index is 8.48. The highest BCUT2D eigenvalue weighted by Gasteiger charge is 1.87. The minimum Gasteiger partial charge on any atom is -0.396 e. The molecule has 0 aromatic heterocycles. The molecule has 12 heavy (non-hydrogen) atoms. The maximum atomic E-state index is 8.48. The van der Waals surface area contributed by atoms with Gasteiger partial charge in [-0.15, -0.1) is 6.58 Å². The number of hydrogen-bond acceptors (Lipinski definition) is 3. The first kappa shape index (κ1) is 11.6. The van der Waals surface area contributed by atoms with Crippen molar-refractivity contribution in [1.82, 2.24) is 5.32 Å². The molecule has 0 aliphatic heterocycles. The summed E-state index contributed by atoms with van der Waals surface area (Å²) in [6.45, 7) is 7.01. The zero-order valence-electron chi connectivity index (χ0n) is 7.59. The van der Waals surface area contributed by atoms with Gasteiger partial charge in [-0.3, -0.25) is 0 Å². The van der Waals surface area contributed by atoms with Gasteiger partial charge in [0.05, 0.1) is 13.2 Å². The number of ether oxygens (including phenoxy) is 1. The highest BCUT2D eigenvalue weighted by Crippen LogP contribution is 1.83. The Kier molecular flexibility index (Phi) is 10.3. The summed E-state index contributed by atoms with van der Waals surface area (Å²) in [5.74, 6) is 0. The molecule has 0 radical (unpaired) electrons. The van der Waals surface area contributed by atoms with E-state index in [-0.39, 0.29) is 6.61 Å². The van der Waals surface area contributed by atoms with Crippen molar-refractivity contribution in [2.24, 2.45) is 0 Å². The minimum atomic E-state index is 0.286. The van der Waals surface area contributed by atoms with Crippen molar-refractivity contribution in [1.29, 1.82) is 0 Å². The zero-order valence-corrected chi connectivity index (χ0v) is 7.59. The number of nitrogens with one attached hydrogen (secondary N) is 1. The molecule has 2 N–H and O–H groups in total. The first-order valence-electron chi connectivity index (χ1n) is 4.42. The van der Waals surface area contributed by atoms with Gasteiger partial charge in [0.2, 0.25) is 0 Å². The molecule has 0 aromatic rings. The fourth-order valence-corrected chi connectivity index (χ4v) is 0.798. The molecule has 3 nitrogen and oxygen atoms in total. The van der Waals surface area contributed by atoms with E-state index in [1.165, 1.54) is 0 Å². The van der Waals surface area contributed by atoms with Crippen molar-refractivity contribution in [2.45, 2.75) is 12.8 Å². The Morgan fingerprint density at radius 3 is 2.83 bits per heavy atom. The number of hydrogen-bond donors (Lipinski definition) is 2. The summed E-state index contributed by atoms with van der Waals surface area (Å²) in [5, 5.41) is 11.7. The van der Waals surface area contributed by atoms with E-state index in [9.17, 15) is 0 Å². The smallest absolute Gasteiger partial charge is 0.0645 e. The predicted octanol–water partition coefficient (Wildman–Crippen LogP) is 0.551. The molecule has 3 heteroatoms. The summed E-state index contributed by atoms with van der Waals surface area (Å²) in [5.41, 5.74) is 0. The van der Waals surface area contributed by atoms with E-state index in [1.807, 2.05) is 0 Å². The second-order valence-corrected chi connectivity index (χ2v) is 2.54. The van der Waals surface area contributed by atoms with Crippen LogP contribution in [-0.2, 0) is 4.74 Å². The summed E-state index contributed by atoms with van der Waals surface area (Å²) in [6, 6.07) is 0. The Morgan fingerprint density at radius 2 is 2.17 bits per heavy atom. The van der Waals surface area contributed by atoms with Crippen LogP contribution in [0.4, 0.5) is 0 Å². The van der Waals surface area contributed by atoms with Crippen LogP contribution in [0.25, 0.3) is 0 Å². The van der Waals surface area contributed by atoms with Gasteiger partial charge >= 0.3 is 0 Å². The molecule has 0 aliphatic carbocycles. The lowest BCUT2D eigenvalue weighted by Crippen LogP contribution is -2.21. The normalized spacial score (nSPS) is 10.1. The molecule has 0 aromatic carbocycles. The quantitative estimate of drug-likeness (QED) is 0.395. The highest BCUT2D eigenvalue weighted by molar-refractivity contribution is 4.63. The number of aliphatic hydroxyl groups excluding tert-OH is 1. The van der Waals surface area contributed by atoms with Crippen molar-refractivity contribution in [2.75, 3.05) is 32.9 Å². The molecule has 0 bridgehead atoms. The summed E-state index contributed by atoms with van der Waals surface area (Å²) in [6.07, 6.45) is 3.64. The maximum Gasteiger partial charge on any atom is 0.0645 e. The highest BCUT2D eigenvalue weighted by atomic mass is 16.5. The van der Waals surface area contributed by atoms with E-state index in [1.54, 1.807) is 6.08 Å². The van der Waals surface area contributed by atoms with Crippen LogP contribution in [0, 0.1) is 0 Å². The van der Waals surface area contributed by atoms with Crippen LogP contribution in [0.2, 0.25) is 0 Å². The molecule has 0 amide bonds. The Morgan fingerprint density at radius 1 is 1.33 bits per heavy atom. The molecule has 0 heterocycles. The van der Waals surface area contributed by atoms with Crippen molar-refractivity contribution >= 4 is 0 Å². The van der Waals surface area contributed by atoms with Gasteiger partial charge in [-0.2, -0.15) is 0 Å². The van der Waals surface area contributed by atoms with Gasteiger partial charge in [0.1, 0.15) is 0 Å². The average Bonchev–Trinajstić information content (AvgIpc) is 2.10. The molecule has 72 valence electrons. The van der Waals surface area contributed by atoms with Crippen molar-refractivity contribution < 1.29 is 9.84 Å². The van der Waals surface area contributed by atoms with E-state index in [2.05, 4.69) is 11.9 Å². The summed E-state index contributed by atoms with van der Waals surface area (Å²) < 4.78 is 5.16. The van der Waals surface area contributed by atoms with Gasteiger partial charge in [-0.1, -0.05) is 6.08 Å². The van der Waals surface area contributed by atoms with Crippen LogP contribution in [0.5, 0.6) is 0 Å². The molecule has 0 unspecified atom stereocenters. The summed E-state index contributed by atoms with van der Waals surface area (Å²) in [4.78, 5) is 0. The predicted molar refractivity (Wildman–Crippen MR) is 50.2 cm³/mol. The number of rotatable bonds is 9. The van der Waals surface area contributed by atoms with Crippen LogP contribution in [0.1, 0.15) is 12.8 Å². The van der Waals surface area contributed by atoms with E-state index in [4.69, 9.17) is 9.84 Å². The Labute approximate surface area is 74.4 Å². The second-order valence-electron chi connectivity index (χ2n) is 2.54. The monoisotopic (exact) mass is 173 g/mol. The Hall–Kier alpha value is -0.380. The van der Waals surface area contributed by atoms with Crippen molar-refractivity contribution in [3.05, 3.63) is 12.7 Å². The molecule has 0 rings (SSSR count). The largest absolute Gasteiger partial charge is 0.396 e. The fourth-order valence-electron chi connectivity index (χ4n) is 0.798. The Balaban J connectivity index is 2.77. The molecule has 0 saturated carbocycles. The van der Waals surface area contributed by atoms with Crippen LogP contribution in [0.15, 0.2) is 12.7 Å². The zero-order chi connectivity index (χ0) is 9.07. The lowest BCUT2D eigenvalue weighted by Gasteiger charge is -2.03. The first-order valence-corrected chi connectivity index (χ1v) is 4.42. The minimum absolute atomic E-state index is 0.286. The van der Waals surface area contributed by atoms with Gasteiger partial charge in [0.25, 0.3) is 0 Å². The average molecular weight is 173 g/mol. The lowest BCUT2D eigenvalue weighted by atomic mass is 10.3. The Bertz CT molecular complexity index is 96.5. The van der Waals surface area contributed by atoms with Gasteiger partial charge in [-0.05, 0) is 19.4 Å². The van der Waals surface area contributed by atoms with E-state index < -0.39 is 0 Å². The third kappa shape index (κ3) is 9.62. The molecule has 0 spiro atoms. The number of unbranched alkanes of at least 4 members (excludes halogenated alkanes) is 1. The standard InChI is InChI=1S/C9H19NO2/c1-2-8-12-9-6-10-5-3-4-7-11/h2,10-11H,1,3-9H2. The molecule has 0 fully saturated rings. The molecule has 0 saturated heterocycles. The molecular weight excluding hydrogens is 154 g/mol. The van der Waals surface area contributed by atoms with Gasteiger partial charge in [0.15, 0.2) is 0 Å². The van der Waals surface area contributed by atoms with Crippen LogP contribution >= 0.6 is 0 Å². The van der Waals surface area contributed by atoms with Crippen molar-refractivity contribution in [3.63, 3.8) is 0 Å². The summed E-state index contributed by atoms with van der Waals surface area (Å²) in [7, 11) is 0. The van der Waals surface area contributed by atoms with Gasteiger partial charge < -0.3 is 15.2 Å².